The van der Waals surface area contributed by atoms with Crippen LogP contribution in [0.15, 0.2) is 48.5 Å². The lowest BCUT2D eigenvalue weighted by molar-refractivity contribution is -0.120. The van der Waals surface area contributed by atoms with Gasteiger partial charge in [0.2, 0.25) is 15.9 Å². The van der Waals surface area contributed by atoms with E-state index >= 15 is 0 Å². The summed E-state index contributed by atoms with van der Waals surface area (Å²) in [6, 6.07) is 11.5. The normalized spacial score (nSPS) is 12.5. The number of rotatable bonds is 6. The molecular weight excluding hydrogens is 367 g/mol. The highest BCUT2D eigenvalue weighted by atomic mass is 35.5. The summed E-state index contributed by atoms with van der Waals surface area (Å²) < 4.78 is 38.0. The van der Waals surface area contributed by atoms with E-state index in [0.717, 1.165) is 10.6 Å². The standard InChI is InChI=1S/C17H18ClFN2O3S/c1-12(13-3-7-15(19)8-4-13)20-17(22)11-21(25(2,23)24)16-9-5-14(18)6-10-16/h3-10,12H,11H2,1-2H3,(H,20,22). The van der Waals surface area contributed by atoms with E-state index < -0.39 is 15.9 Å². The smallest absolute Gasteiger partial charge is 0.241 e. The lowest BCUT2D eigenvalue weighted by Crippen LogP contribution is -2.41. The molecule has 5 nitrogen and oxygen atoms in total. The quantitative estimate of drug-likeness (QED) is 0.832. The molecule has 0 saturated heterocycles. The molecule has 0 aromatic heterocycles. The van der Waals surface area contributed by atoms with Gasteiger partial charge in [0.05, 0.1) is 18.0 Å². The molecule has 0 aliphatic heterocycles. The number of benzene rings is 2. The van der Waals surface area contributed by atoms with Gasteiger partial charge in [0.15, 0.2) is 0 Å². The lowest BCUT2D eigenvalue weighted by Gasteiger charge is -2.23. The van der Waals surface area contributed by atoms with E-state index in [1.165, 1.54) is 24.3 Å². The van der Waals surface area contributed by atoms with Crippen LogP contribution in [0.5, 0.6) is 0 Å². The molecule has 0 saturated carbocycles. The van der Waals surface area contributed by atoms with Crippen molar-refractivity contribution in [2.45, 2.75) is 13.0 Å². The molecule has 25 heavy (non-hydrogen) atoms. The van der Waals surface area contributed by atoms with Crippen molar-refractivity contribution >= 4 is 33.2 Å². The fraction of sp³-hybridized carbons (Fsp3) is 0.235. The molecule has 0 radical (unpaired) electrons. The number of anilines is 1. The van der Waals surface area contributed by atoms with Gasteiger partial charge in [-0.05, 0) is 48.9 Å². The van der Waals surface area contributed by atoms with Gasteiger partial charge < -0.3 is 5.32 Å². The van der Waals surface area contributed by atoms with Crippen LogP contribution in [0.25, 0.3) is 0 Å². The first-order valence-electron chi connectivity index (χ1n) is 7.45. The Kier molecular flexibility index (Phi) is 6.02. The van der Waals surface area contributed by atoms with Crippen molar-refractivity contribution in [2.75, 3.05) is 17.1 Å². The Hall–Kier alpha value is -2.12. The maximum atomic E-state index is 13.0. The summed E-state index contributed by atoms with van der Waals surface area (Å²) in [6.07, 6.45) is 1.03. The largest absolute Gasteiger partial charge is 0.348 e. The summed E-state index contributed by atoms with van der Waals surface area (Å²) in [7, 11) is -3.65. The Labute approximate surface area is 151 Å². The van der Waals surface area contributed by atoms with Crippen LogP contribution in [0, 0.1) is 5.82 Å². The van der Waals surface area contributed by atoms with Gasteiger partial charge in [-0.2, -0.15) is 0 Å². The molecule has 2 aromatic rings. The van der Waals surface area contributed by atoms with Gasteiger partial charge in [0, 0.05) is 5.02 Å². The highest BCUT2D eigenvalue weighted by Crippen LogP contribution is 2.20. The zero-order valence-electron chi connectivity index (χ0n) is 13.7. The van der Waals surface area contributed by atoms with Crippen LogP contribution in [0.1, 0.15) is 18.5 Å². The number of hydrogen-bond donors (Lipinski definition) is 1. The Balaban J connectivity index is 2.12. The van der Waals surface area contributed by atoms with Crippen LogP contribution in [0.3, 0.4) is 0 Å². The summed E-state index contributed by atoms with van der Waals surface area (Å²) in [5.74, 6) is -0.842. The van der Waals surface area contributed by atoms with Crippen molar-refractivity contribution < 1.29 is 17.6 Å². The highest BCUT2D eigenvalue weighted by Gasteiger charge is 2.21. The minimum Gasteiger partial charge on any atom is -0.348 e. The van der Waals surface area contributed by atoms with Gasteiger partial charge in [0.25, 0.3) is 0 Å². The Morgan fingerprint density at radius 3 is 2.24 bits per heavy atom. The number of hydrogen-bond acceptors (Lipinski definition) is 3. The van der Waals surface area contributed by atoms with Crippen molar-refractivity contribution in [2.24, 2.45) is 0 Å². The molecule has 2 rings (SSSR count). The van der Waals surface area contributed by atoms with Crippen LogP contribution >= 0.6 is 11.6 Å². The van der Waals surface area contributed by atoms with Gasteiger partial charge in [-0.1, -0.05) is 23.7 Å². The molecule has 0 heterocycles. The molecule has 134 valence electrons. The summed E-state index contributed by atoms with van der Waals surface area (Å²) in [5, 5.41) is 3.17. The van der Waals surface area contributed by atoms with E-state index in [0.29, 0.717) is 16.3 Å². The Morgan fingerprint density at radius 2 is 1.72 bits per heavy atom. The zero-order chi connectivity index (χ0) is 18.6. The predicted octanol–water partition coefficient (Wildman–Crippen LogP) is 3.12. The molecule has 1 atom stereocenters. The second kappa shape index (κ2) is 7.84. The van der Waals surface area contributed by atoms with Gasteiger partial charge in [-0.3, -0.25) is 9.10 Å². The molecular formula is C17H18ClFN2O3S. The van der Waals surface area contributed by atoms with E-state index in [2.05, 4.69) is 5.32 Å². The minimum atomic E-state index is -3.65. The first-order valence-corrected chi connectivity index (χ1v) is 9.67. The lowest BCUT2D eigenvalue weighted by atomic mass is 10.1. The summed E-state index contributed by atoms with van der Waals surface area (Å²) in [6.45, 7) is 1.37. The van der Waals surface area contributed by atoms with E-state index in [-0.39, 0.29) is 18.4 Å². The van der Waals surface area contributed by atoms with Gasteiger partial charge in [0.1, 0.15) is 12.4 Å². The first kappa shape index (κ1) is 19.2. The molecule has 0 spiro atoms. The van der Waals surface area contributed by atoms with Gasteiger partial charge in [-0.25, -0.2) is 12.8 Å². The topological polar surface area (TPSA) is 66.5 Å². The van der Waals surface area contributed by atoms with Gasteiger partial charge in [-0.15, -0.1) is 0 Å². The maximum absolute atomic E-state index is 13.0. The Bertz CT molecular complexity index is 839. The average Bonchev–Trinajstić information content (AvgIpc) is 2.53. The van der Waals surface area contributed by atoms with E-state index in [1.54, 1.807) is 31.2 Å². The molecule has 8 heteroatoms. The highest BCUT2D eigenvalue weighted by molar-refractivity contribution is 7.92. The van der Waals surface area contributed by atoms with Crippen LogP contribution in [0.2, 0.25) is 5.02 Å². The van der Waals surface area contributed by atoms with Crippen molar-refractivity contribution in [1.82, 2.24) is 5.32 Å². The van der Waals surface area contributed by atoms with Crippen molar-refractivity contribution in [3.63, 3.8) is 0 Å². The monoisotopic (exact) mass is 384 g/mol. The average molecular weight is 385 g/mol. The number of sulfonamides is 1. The second-order valence-corrected chi connectivity index (χ2v) is 7.93. The second-order valence-electron chi connectivity index (χ2n) is 5.59. The fourth-order valence-corrected chi connectivity index (χ4v) is 3.24. The van der Waals surface area contributed by atoms with E-state index in [4.69, 9.17) is 11.6 Å². The molecule has 0 aliphatic rings. The molecule has 0 aliphatic carbocycles. The summed E-state index contributed by atoms with van der Waals surface area (Å²) in [5.41, 5.74) is 1.06. The maximum Gasteiger partial charge on any atom is 0.241 e. The van der Waals surface area contributed by atoms with Crippen LogP contribution in [-0.4, -0.2) is 27.1 Å². The first-order chi connectivity index (χ1) is 11.7. The van der Waals surface area contributed by atoms with Crippen LogP contribution in [0.4, 0.5) is 10.1 Å². The van der Waals surface area contributed by atoms with Crippen LogP contribution in [-0.2, 0) is 14.8 Å². The summed E-state index contributed by atoms with van der Waals surface area (Å²) in [4.78, 5) is 12.3. The third-order valence-corrected chi connectivity index (χ3v) is 4.94. The van der Waals surface area contributed by atoms with Crippen LogP contribution < -0.4 is 9.62 Å². The van der Waals surface area contributed by atoms with E-state index in [1.807, 2.05) is 0 Å². The number of nitrogens with zero attached hydrogens (tertiary/aromatic N) is 1. The predicted molar refractivity (Wildman–Crippen MR) is 96.6 cm³/mol. The van der Waals surface area contributed by atoms with Gasteiger partial charge >= 0.3 is 0 Å². The third kappa shape index (κ3) is 5.44. The number of amides is 1. The molecule has 2 aromatic carbocycles. The number of halogens is 2. The molecule has 1 amide bonds. The third-order valence-electron chi connectivity index (χ3n) is 3.55. The van der Waals surface area contributed by atoms with Crippen molar-refractivity contribution in [3.05, 3.63) is 64.9 Å². The number of carbonyl (C=O) groups excluding carboxylic acids is 1. The zero-order valence-corrected chi connectivity index (χ0v) is 15.3. The van der Waals surface area contributed by atoms with Crippen molar-refractivity contribution in [3.8, 4) is 0 Å². The Morgan fingerprint density at radius 1 is 1.16 bits per heavy atom. The molecule has 0 fully saturated rings. The summed E-state index contributed by atoms with van der Waals surface area (Å²) >= 11 is 5.81. The fourth-order valence-electron chi connectivity index (χ4n) is 2.26. The van der Waals surface area contributed by atoms with Crippen molar-refractivity contribution in [1.29, 1.82) is 0 Å². The molecule has 0 bridgehead atoms. The molecule has 1 N–H and O–H groups in total. The number of nitrogens with one attached hydrogen (secondary N) is 1. The number of carbonyl (C=O) groups is 1. The van der Waals surface area contributed by atoms with E-state index in [9.17, 15) is 17.6 Å². The SMILES string of the molecule is CC(NC(=O)CN(c1ccc(Cl)cc1)S(C)(=O)=O)c1ccc(F)cc1. The minimum absolute atomic E-state index is 0.344. The molecule has 1 unspecified atom stereocenters.